The molecule has 108 valence electrons. The summed E-state index contributed by atoms with van der Waals surface area (Å²) >= 11 is 1.61. The Balaban J connectivity index is 1.99. The number of imidazole rings is 1. The highest BCUT2D eigenvalue weighted by Crippen LogP contribution is 2.43. The first-order chi connectivity index (χ1) is 10.2. The average molecular weight is 301 g/mol. The second-order valence-corrected chi connectivity index (χ2v) is 6.68. The maximum atomic E-state index is 13.6. The largest absolute Gasteiger partial charge is 0.390 e. The third kappa shape index (κ3) is 2.03. The normalized spacial score (nSPS) is 15.0. The lowest BCUT2D eigenvalue weighted by atomic mass is 10.2. The van der Waals surface area contributed by atoms with Crippen LogP contribution in [0.4, 0.5) is 9.39 Å². The molecule has 2 aromatic heterocycles. The number of rotatable bonds is 3. The van der Waals surface area contributed by atoms with E-state index in [2.05, 4.69) is 17.6 Å². The summed E-state index contributed by atoms with van der Waals surface area (Å²) in [7, 11) is 0. The number of aryl methyl sites for hydroxylation is 1. The first kappa shape index (κ1) is 12.8. The molecule has 0 atom stereocenters. The third-order valence-electron chi connectivity index (χ3n) is 3.96. The highest BCUT2D eigenvalue weighted by molar-refractivity contribution is 7.16. The zero-order chi connectivity index (χ0) is 14.6. The van der Waals surface area contributed by atoms with Crippen molar-refractivity contribution in [3.05, 3.63) is 35.0 Å². The standard InChI is InChI=1S/C16H16FN3S/c1-2-11-8-12(15(18)21-11)16-19-13-6-3-9(17)7-14(13)20(16)10-4-5-10/h3,6-8,10H,2,4-5,18H2,1H3. The van der Waals surface area contributed by atoms with Gasteiger partial charge in [0.25, 0.3) is 0 Å². The minimum atomic E-state index is -0.219. The number of hydrogen-bond donors (Lipinski definition) is 1. The van der Waals surface area contributed by atoms with Gasteiger partial charge in [0, 0.05) is 10.9 Å². The number of nitrogens with two attached hydrogens (primary N) is 1. The van der Waals surface area contributed by atoms with Crippen molar-refractivity contribution in [1.82, 2.24) is 9.55 Å². The molecule has 0 saturated heterocycles. The third-order valence-corrected chi connectivity index (χ3v) is 5.07. The number of benzene rings is 1. The molecule has 0 bridgehead atoms. The second-order valence-electron chi connectivity index (χ2n) is 5.51. The average Bonchev–Trinajstić information content (AvgIpc) is 3.13. The van der Waals surface area contributed by atoms with Crippen molar-refractivity contribution in [1.29, 1.82) is 0 Å². The van der Waals surface area contributed by atoms with E-state index in [9.17, 15) is 4.39 Å². The van der Waals surface area contributed by atoms with Crippen LogP contribution in [0.25, 0.3) is 22.4 Å². The van der Waals surface area contributed by atoms with Crippen LogP contribution in [0, 0.1) is 5.82 Å². The van der Waals surface area contributed by atoms with Crippen LogP contribution in [-0.4, -0.2) is 9.55 Å². The van der Waals surface area contributed by atoms with E-state index in [1.54, 1.807) is 23.5 Å². The molecule has 0 radical (unpaired) electrons. The van der Waals surface area contributed by atoms with Gasteiger partial charge in [-0.1, -0.05) is 6.92 Å². The van der Waals surface area contributed by atoms with Gasteiger partial charge in [-0.25, -0.2) is 9.37 Å². The molecule has 0 spiro atoms. The molecule has 3 nitrogen and oxygen atoms in total. The quantitative estimate of drug-likeness (QED) is 0.780. The molecule has 2 heterocycles. The number of anilines is 1. The van der Waals surface area contributed by atoms with Crippen LogP contribution in [0.1, 0.15) is 30.7 Å². The van der Waals surface area contributed by atoms with Gasteiger partial charge in [0.05, 0.1) is 21.6 Å². The van der Waals surface area contributed by atoms with Gasteiger partial charge in [0.1, 0.15) is 11.6 Å². The van der Waals surface area contributed by atoms with Crippen LogP contribution in [-0.2, 0) is 6.42 Å². The van der Waals surface area contributed by atoms with E-state index in [0.717, 1.165) is 46.7 Å². The summed E-state index contributed by atoms with van der Waals surface area (Å²) < 4.78 is 15.7. The number of fused-ring (bicyclic) bond motifs is 1. The van der Waals surface area contributed by atoms with Crippen LogP contribution >= 0.6 is 11.3 Å². The van der Waals surface area contributed by atoms with Crippen LogP contribution < -0.4 is 5.73 Å². The number of halogens is 1. The molecule has 1 aromatic carbocycles. The van der Waals surface area contributed by atoms with Gasteiger partial charge in [0.2, 0.25) is 0 Å². The lowest BCUT2D eigenvalue weighted by Gasteiger charge is -2.07. The summed E-state index contributed by atoms with van der Waals surface area (Å²) in [4.78, 5) is 5.97. The molecule has 3 aromatic rings. The summed E-state index contributed by atoms with van der Waals surface area (Å²) in [5, 5.41) is 0.796. The summed E-state index contributed by atoms with van der Waals surface area (Å²) in [6.07, 6.45) is 3.21. The summed E-state index contributed by atoms with van der Waals surface area (Å²) in [6, 6.07) is 7.33. The number of nitrogen functional groups attached to an aromatic ring is 1. The first-order valence-corrected chi connectivity index (χ1v) is 8.05. The highest BCUT2D eigenvalue weighted by atomic mass is 32.1. The van der Waals surface area contributed by atoms with Crippen molar-refractivity contribution in [3.8, 4) is 11.4 Å². The van der Waals surface area contributed by atoms with E-state index >= 15 is 0 Å². The van der Waals surface area contributed by atoms with E-state index in [-0.39, 0.29) is 5.82 Å². The fourth-order valence-corrected chi connectivity index (χ4v) is 3.63. The predicted molar refractivity (Wildman–Crippen MR) is 85.1 cm³/mol. The summed E-state index contributed by atoms with van der Waals surface area (Å²) in [6.45, 7) is 2.12. The molecular weight excluding hydrogens is 285 g/mol. The van der Waals surface area contributed by atoms with Crippen molar-refractivity contribution >= 4 is 27.4 Å². The minimum absolute atomic E-state index is 0.219. The molecule has 5 heteroatoms. The van der Waals surface area contributed by atoms with Gasteiger partial charge in [-0.05, 0) is 43.5 Å². The molecule has 1 fully saturated rings. The lowest BCUT2D eigenvalue weighted by molar-refractivity contribution is 0.628. The Morgan fingerprint density at radius 2 is 2.19 bits per heavy atom. The van der Waals surface area contributed by atoms with Crippen molar-refractivity contribution in [2.45, 2.75) is 32.2 Å². The Labute approximate surface area is 126 Å². The Bertz CT molecular complexity index is 830. The first-order valence-electron chi connectivity index (χ1n) is 7.23. The van der Waals surface area contributed by atoms with Crippen molar-refractivity contribution in [3.63, 3.8) is 0 Å². The second kappa shape index (κ2) is 4.56. The van der Waals surface area contributed by atoms with Crippen LogP contribution in [0.2, 0.25) is 0 Å². The molecule has 1 saturated carbocycles. The predicted octanol–water partition coefficient (Wildman–Crippen LogP) is 4.38. The summed E-state index contributed by atoms with van der Waals surface area (Å²) in [5.41, 5.74) is 8.87. The molecule has 1 aliphatic rings. The zero-order valence-corrected chi connectivity index (χ0v) is 12.6. The molecule has 0 aliphatic heterocycles. The number of aromatic nitrogens is 2. The Kier molecular flexibility index (Phi) is 2.79. The van der Waals surface area contributed by atoms with Crippen molar-refractivity contribution in [2.75, 3.05) is 5.73 Å². The van der Waals surface area contributed by atoms with E-state index in [1.165, 1.54) is 10.9 Å². The Morgan fingerprint density at radius 1 is 1.38 bits per heavy atom. The number of thiophene rings is 1. The van der Waals surface area contributed by atoms with Gasteiger partial charge in [-0.2, -0.15) is 0 Å². The monoisotopic (exact) mass is 301 g/mol. The molecule has 4 rings (SSSR count). The van der Waals surface area contributed by atoms with E-state index in [1.807, 2.05) is 0 Å². The molecule has 1 aliphatic carbocycles. The van der Waals surface area contributed by atoms with Gasteiger partial charge in [0.15, 0.2) is 0 Å². The van der Waals surface area contributed by atoms with Gasteiger partial charge >= 0.3 is 0 Å². The fraction of sp³-hybridized carbons (Fsp3) is 0.312. The Morgan fingerprint density at radius 3 is 2.86 bits per heavy atom. The fourth-order valence-electron chi connectivity index (χ4n) is 2.77. The molecule has 0 amide bonds. The number of nitrogens with zero attached hydrogens (tertiary/aromatic N) is 2. The van der Waals surface area contributed by atoms with Crippen molar-refractivity contribution in [2.24, 2.45) is 0 Å². The van der Waals surface area contributed by atoms with Gasteiger partial charge < -0.3 is 10.3 Å². The molecule has 0 unspecified atom stereocenters. The number of hydrogen-bond acceptors (Lipinski definition) is 3. The smallest absolute Gasteiger partial charge is 0.144 e. The van der Waals surface area contributed by atoms with Crippen LogP contribution in [0.5, 0.6) is 0 Å². The molecular formula is C16H16FN3S. The van der Waals surface area contributed by atoms with Crippen LogP contribution in [0.3, 0.4) is 0 Å². The van der Waals surface area contributed by atoms with Crippen LogP contribution in [0.15, 0.2) is 24.3 Å². The van der Waals surface area contributed by atoms with E-state index < -0.39 is 0 Å². The topological polar surface area (TPSA) is 43.8 Å². The van der Waals surface area contributed by atoms with E-state index in [0.29, 0.717) is 6.04 Å². The minimum Gasteiger partial charge on any atom is -0.390 e. The van der Waals surface area contributed by atoms with E-state index in [4.69, 9.17) is 10.7 Å². The van der Waals surface area contributed by atoms with Crippen molar-refractivity contribution < 1.29 is 4.39 Å². The summed E-state index contributed by atoms with van der Waals surface area (Å²) in [5.74, 6) is 0.662. The Hall–Kier alpha value is -1.88. The van der Waals surface area contributed by atoms with Gasteiger partial charge in [-0.3, -0.25) is 0 Å². The van der Waals surface area contributed by atoms with Gasteiger partial charge in [-0.15, -0.1) is 11.3 Å². The molecule has 2 N–H and O–H groups in total. The zero-order valence-electron chi connectivity index (χ0n) is 11.8. The molecule has 21 heavy (non-hydrogen) atoms. The lowest BCUT2D eigenvalue weighted by Crippen LogP contribution is -1.98. The highest BCUT2D eigenvalue weighted by Gasteiger charge is 2.29. The maximum Gasteiger partial charge on any atom is 0.144 e. The SMILES string of the molecule is CCc1cc(-c2nc3ccc(F)cc3n2C2CC2)c(N)s1. The maximum absolute atomic E-state index is 13.6.